The molecule has 176 valence electrons. The van der Waals surface area contributed by atoms with Crippen molar-refractivity contribution in [2.45, 2.75) is 73.0 Å². The molecule has 0 aliphatic rings. The van der Waals surface area contributed by atoms with Gasteiger partial charge in [0.2, 0.25) is 0 Å². The zero-order valence-corrected chi connectivity index (χ0v) is 20.5. The first-order valence-corrected chi connectivity index (χ1v) is 10.7. The average Bonchev–Trinajstić information content (AvgIpc) is 2.71. The van der Waals surface area contributed by atoms with Gasteiger partial charge in [0.25, 0.3) is 0 Å². The molecule has 0 aromatic heterocycles. The Bertz CT molecular complexity index is 653. The van der Waals surface area contributed by atoms with E-state index in [1.165, 1.54) is 0 Å². The molecular formula is C25H42N2O4. The Morgan fingerprint density at radius 2 is 1.84 bits per heavy atom. The summed E-state index contributed by atoms with van der Waals surface area (Å²) >= 11 is 0. The van der Waals surface area contributed by atoms with Gasteiger partial charge in [-0.15, -0.1) is 0 Å². The van der Waals surface area contributed by atoms with Crippen LogP contribution in [0.4, 0.5) is 4.79 Å². The molecule has 31 heavy (non-hydrogen) atoms. The number of hydrogen-bond acceptors (Lipinski definition) is 5. The quantitative estimate of drug-likeness (QED) is 0.341. The molecule has 1 unspecified atom stereocenters. The fourth-order valence-electron chi connectivity index (χ4n) is 2.18. The van der Waals surface area contributed by atoms with Crippen molar-refractivity contribution in [3.63, 3.8) is 0 Å². The summed E-state index contributed by atoms with van der Waals surface area (Å²) in [5, 5.41) is 12.3. The molecule has 6 nitrogen and oxygen atoms in total. The Labute approximate surface area is 189 Å². The van der Waals surface area contributed by atoms with Gasteiger partial charge in [-0.2, -0.15) is 0 Å². The molecule has 0 saturated heterocycles. The molecule has 0 bridgehead atoms. The van der Waals surface area contributed by atoms with Gasteiger partial charge in [-0.3, -0.25) is 0 Å². The molecule has 6 heteroatoms. The first-order valence-electron chi connectivity index (χ1n) is 10.7. The first kappa shape index (κ1) is 30.6. The predicted molar refractivity (Wildman–Crippen MR) is 130 cm³/mol. The monoisotopic (exact) mass is 434 g/mol. The third-order valence-electron chi connectivity index (χ3n) is 3.69. The number of nitrogens with zero attached hydrogens (tertiary/aromatic N) is 1. The highest BCUT2D eigenvalue weighted by molar-refractivity contribution is 5.68. The molecule has 0 aliphatic heterocycles. The number of aliphatic hydroxyl groups is 1. The van der Waals surface area contributed by atoms with Gasteiger partial charge in [-0.05, 0) is 58.8 Å². The van der Waals surface area contributed by atoms with E-state index in [4.69, 9.17) is 4.74 Å². The molecular weight excluding hydrogens is 392 g/mol. The van der Waals surface area contributed by atoms with Gasteiger partial charge in [0, 0.05) is 25.4 Å². The van der Waals surface area contributed by atoms with Crippen molar-refractivity contribution >= 4 is 12.4 Å². The third kappa shape index (κ3) is 17.9. The minimum absolute atomic E-state index is 0.188. The zero-order valence-electron chi connectivity index (χ0n) is 20.5. The van der Waals surface area contributed by atoms with E-state index in [-0.39, 0.29) is 6.61 Å². The molecule has 1 amide bonds. The van der Waals surface area contributed by atoms with Gasteiger partial charge in [0.15, 0.2) is 0 Å². The van der Waals surface area contributed by atoms with Crippen LogP contribution in [0.1, 0.15) is 61.3 Å². The van der Waals surface area contributed by atoms with Gasteiger partial charge in [0.05, 0.1) is 12.6 Å². The SMILES string of the molecule is CC.C\C=C/C(=C\C=C(/C)N(C)/C=C\C=C/CC=O)CC(CO)NC(=O)OC(C)(C)C. The predicted octanol–water partition coefficient (Wildman–Crippen LogP) is 5.29. The second kappa shape index (κ2) is 18.2. The molecule has 0 spiro atoms. The van der Waals surface area contributed by atoms with Crippen molar-refractivity contribution < 1.29 is 19.4 Å². The molecule has 0 radical (unpaired) electrons. The van der Waals surface area contributed by atoms with Crippen LogP contribution in [0.5, 0.6) is 0 Å². The van der Waals surface area contributed by atoms with E-state index >= 15 is 0 Å². The van der Waals surface area contributed by atoms with Gasteiger partial charge >= 0.3 is 6.09 Å². The Balaban J connectivity index is 0. The molecule has 0 heterocycles. The van der Waals surface area contributed by atoms with Crippen molar-refractivity contribution in [2.75, 3.05) is 13.7 Å². The lowest BCUT2D eigenvalue weighted by molar-refractivity contribution is -0.107. The Morgan fingerprint density at radius 1 is 1.19 bits per heavy atom. The molecule has 0 aliphatic carbocycles. The summed E-state index contributed by atoms with van der Waals surface area (Å²) in [7, 11) is 1.93. The van der Waals surface area contributed by atoms with Crippen LogP contribution in [0.3, 0.4) is 0 Å². The molecule has 1 atom stereocenters. The van der Waals surface area contributed by atoms with Crippen LogP contribution in [0.15, 0.2) is 60.0 Å². The fraction of sp³-hybridized carbons (Fsp3) is 0.520. The summed E-state index contributed by atoms with van der Waals surface area (Å²) in [5.74, 6) is 0. The number of hydrogen-bond donors (Lipinski definition) is 2. The molecule has 0 saturated carbocycles. The fourth-order valence-corrected chi connectivity index (χ4v) is 2.18. The Hall–Kier alpha value is -2.60. The van der Waals surface area contributed by atoms with E-state index in [2.05, 4.69) is 5.32 Å². The van der Waals surface area contributed by atoms with E-state index in [1.54, 1.807) is 26.8 Å². The van der Waals surface area contributed by atoms with Gasteiger partial charge < -0.3 is 24.9 Å². The minimum Gasteiger partial charge on any atom is -0.444 e. The van der Waals surface area contributed by atoms with Crippen LogP contribution >= 0.6 is 0 Å². The first-order chi connectivity index (χ1) is 14.6. The Morgan fingerprint density at radius 3 is 2.35 bits per heavy atom. The topological polar surface area (TPSA) is 78.9 Å². The van der Waals surface area contributed by atoms with Crippen LogP contribution in [0, 0.1) is 0 Å². The lowest BCUT2D eigenvalue weighted by Crippen LogP contribution is -2.41. The lowest BCUT2D eigenvalue weighted by atomic mass is 10.1. The van der Waals surface area contributed by atoms with Gasteiger partial charge in [0.1, 0.15) is 11.9 Å². The largest absolute Gasteiger partial charge is 0.444 e. The normalized spacial score (nSPS) is 13.8. The second-order valence-corrected chi connectivity index (χ2v) is 7.56. The van der Waals surface area contributed by atoms with E-state index < -0.39 is 17.7 Å². The molecule has 0 fully saturated rings. The summed E-state index contributed by atoms with van der Waals surface area (Å²) < 4.78 is 5.25. The number of aldehydes is 1. The number of carbonyl (C=O) groups is 2. The zero-order chi connectivity index (χ0) is 24.3. The summed E-state index contributed by atoms with van der Waals surface area (Å²) in [6, 6.07) is -0.443. The standard InChI is InChI=1S/C23H36N2O4.C2H6/c1-7-12-20(17-21(18-27)24-22(28)29-23(3,4)5)14-13-19(2)25(6)15-10-8-9-11-16-26;1-2/h7-10,12-16,21,27H,11,17-18H2,1-6H3,(H,24,28);1-2H3/b9-8-,12-7-,15-10-,19-13+,20-14+;. The van der Waals surface area contributed by atoms with Crippen molar-refractivity contribution in [1.29, 1.82) is 0 Å². The maximum Gasteiger partial charge on any atom is 0.407 e. The number of alkyl carbamates (subject to hydrolysis) is 1. The summed E-state index contributed by atoms with van der Waals surface area (Å²) in [6.07, 6.45) is 16.3. The van der Waals surface area contributed by atoms with Crippen LogP contribution in [-0.2, 0) is 9.53 Å². The van der Waals surface area contributed by atoms with E-state index in [0.29, 0.717) is 12.8 Å². The molecule has 0 aromatic rings. The number of ether oxygens (including phenoxy) is 1. The lowest BCUT2D eigenvalue weighted by Gasteiger charge is -2.23. The van der Waals surface area contributed by atoms with Crippen molar-refractivity contribution in [1.82, 2.24) is 10.2 Å². The number of amides is 1. The number of carbonyl (C=O) groups excluding carboxylic acids is 2. The van der Waals surface area contributed by atoms with E-state index in [9.17, 15) is 14.7 Å². The van der Waals surface area contributed by atoms with Crippen LogP contribution in [-0.4, -0.2) is 47.7 Å². The second-order valence-electron chi connectivity index (χ2n) is 7.56. The minimum atomic E-state index is -0.591. The van der Waals surface area contributed by atoms with Crippen LogP contribution in [0.2, 0.25) is 0 Å². The van der Waals surface area contributed by atoms with Crippen molar-refractivity contribution in [2.24, 2.45) is 0 Å². The van der Waals surface area contributed by atoms with Gasteiger partial charge in [-0.25, -0.2) is 4.79 Å². The summed E-state index contributed by atoms with van der Waals surface area (Å²) in [4.78, 5) is 24.2. The van der Waals surface area contributed by atoms with Crippen molar-refractivity contribution in [3.05, 3.63) is 60.0 Å². The number of nitrogens with one attached hydrogen (secondary N) is 1. The van der Waals surface area contributed by atoms with Gasteiger partial charge in [-0.1, -0.05) is 44.2 Å². The van der Waals surface area contributed by atoms with Crippen LogP contribution in [0.25, 0.3) is 0 Å². The van der Waals surface area contributed by atoms with E-state index in [1.807, 2.05) is 82.3 Å². The Kier molecular flexibility index (Phi) is 18.0. The third-order valence-corrected chi connectivity index (χ3v) is 3.69. The number of rotatable bonds is 11. The molecule has 0 rings (SSSR count). The molecule has 0 aromatic carbocycles. The maximum atomic E-state index is 12.0. The maximum absolute atomic E-state index is 12.0. The smallest absolute Gasteiger partial charge is 0.407 e. The highest BCUT2D eigenvalue weighted by atomic mass is 16.6. The summed E-state index contributed by atoms with van der Waals surface area (Å²) in [5.41, 5.74) is 1.38. The highest BCUT2D eigenvalue weighted by Crippen LogP contribution is 2.12. The average molecular weight is 435 g/mol. The summed E-state index contributed by atoms with van der Waals surface area (Å²) in [6.45, 7) is 13.1. The molecule has 2 N–H and O–H groups in total. The number of aliphatic hydroxyl groups excluding tert-OH is 1. The van der Waals surface area contributed by atoms with Crippen molar-refractivity contribution in [3.8, 4) is 0 Å². The highest BCUT2D eigenvalue weighted by Gasteiger charge is 2.19. The van der Waals surface area contributed by atoms with Crippen LogP contribution < -0.4 is 5.32 Å². The van der Waals surface area contributed by atoms with E-state index in [0.717, 1.165) is 17.6 Å². The number of allylic oxidation sites excluding steroid dienone is 8.